The van der Waals surface area contributed by atoms with Gasteiger partial charge < -0.3 is 15.2 Å². The molecular weight excluding hydrogens is 366 g/mol. The molecule has 2 aliphatic rings. The van der Waals surface area contributed by atoms with E-state index in [9.17, 15) is 9.90 Å². The van der Waals surface area contributed by atoms with E-state index in [1.54, 1.807) is 12.1 Å². The molecule has 1 spiro atoms. The van der Waals surface area contributed by atoms with Crippen molar-refractivity contribution in [3.8, 4) is 0 Å². The van der Waals surface area contributed by atoms with Gasteiger partial charge in [0.2, 0.25) is 5.60 Å². The number of esters is 1. The maximum atomic E-state index is 13.0. The van der Waals surface area contributed by atoms with Crippen LogP contribution in [-0.2, 0) is 15.1 Å². The highest BCUT2D eigenvalue weighted by Crippen LogP contribution is 2.53. The van der Waals surface area contributed by atoms with E-state index in [1.807, 2.05) is 29.9 Å². The molecule has 0 atom stereocenters. The number of hydrogen-bond donors (Lipinski definition) is 2. The minimum absolute atomic E-state index is 0.0694. The van der Waals surface area contributed by atoms with Gasteiger partial charge in [0.1, 0.15) is 6.10 Å². The van der Waals surface area contributed by atoms with Crippen LogP contribution in [0.15, 0.2) is 35.0 Å². The molecule has 0 amide bonds. The molecule has 0 aliphatic heterocycles. The zero-order valence-electron chi connectivity index (χ0n) is 14.9. The fraction of sp³-hybridized carbons (Fsp3) is 0.550. The molecular formula is C20H25NO3S2. The van der Waals surface area contributed by atoms with E-state index < -0.39 is 11.6 Å². The van der Waals surface area contributed by atoms with Crippen LogP contribution in [-0.4, -0.2) is 30.3 Å². The van der Waals surface area contributed by atoms with Crippen molar-refractivity contribution in [1.82, 2.24) is 5.32 Å². The van der Waals surface area contributed by atoms with Crippen molar-refractivity contribution in [3.63, 3.8) is 0 Å². The van der Waals surface area contributed by atoms with Gasteiger partial charge in [0, 0.05) is 6.04 Å². The molecule has 2 N–H and O–H groups in total. The molecule has 2 saturated carbocycles. The summed E-state index contributed by atoms with van der Waals surface area (Å²) >= 11 is 2.76. The molecule has 26 heavy (non-hydrogen) atoms. The fourth-order valence-electron chi connectivity index (χ4n) is 4.44. The van der Waals surface area contributed by atoms with Gasteiger partial charge in [0.25, 0.3) is 0 Å². The van der Waals surface area contributed by atoms with Crippen molar-refractivity contribution in [1.29, 1.82) is 0 Å². The summed E-state index contributed by atoms with van der Waals surface area (Å²) in [5.74, 6) is -0.536. The zero-order chi connectivity index (χ0) is 18.2. The Labute approximate surface area is 162 Å². The molecule has 2 heterocycles. The first-order valence-electron chi connectivity index (χ1n) is 9.24. The third kappa shape index (κ3) is 3.13. The van der Waals surface area contributed by atoms with Crippen LogP contribution in [0, 0.1) is 5.41 Å². The minimum atomic E-state index is -1.69. The smallest absolute Gasteiger partial charge is 0.349 e. The van der Waals surface area contributed by atoms with Gasteiger partial charge in [-0.25, -0.2) is 4.79 Å². The summed E-state index contributed by atoms with van der Waals surface area (Å²) in [5, 5.41) is 18.4. The first-order chi connectivity index (χ1) is 12.6. The average Bonchev–Trinajstić information content (AvgIpc) is 3.34. The lowest BCUT2D eigenvalue weighted by atomic mass is 9.58. The molecule has 0 bridgehead atoms. The van der Waals surface area contributed by atoms with Crippen LogP contribution >= 0.6 is 22.7 Å². The molecule has 0 aromatic carbocycles. The third-order valence-corrected chi connectivity index (χ3v) is 8.06. The Morgan fingerprint density at radius 3 is 2.23 bits per heavy atom. The first kappa shape index (κ1) is 18.2. The maximum Gasteiger partial charge on any atom is 0.349 e. The Balaban J connectivity index is 1.43. The van der Waals surface area contributed by atoms with Gasteiger partial charge in [0.05, 0.1) is 9.75 Å². The highest BCUT2D eigenvalue weighted by atomic mass is 32.1. The summed E-state index contributed by atoms with van der Waals surface area (Å²) in [5.41, 5.74) is -1.34. The summed E-state index contributed by atoms with van der Waals surface area (Å²) in [6, 6.07) is 7.93. The zero-order valence-corrected chi connectivity index (χ0v) is 16.6. The Morgan fingerprint density at radius 1 is 1.19 bits per heavy atom. The van der Waals surface area contributed by atoms with Crippen LogP contribution in [0.1, 0.15) is 48.3 Å². The van der Waals surface area contributed by atoms with Gasteiger partial charge in [-0.3, -0.25) is 0 Å². The van der Waals surface area contributed by atoms with Gasteiger partial charge in [-0.05, 0) is 73.9 Å². The number of aliphatic hydroxyl groups is 1. The standard InChI is InChI=1S/C20H25NO3S2/c1-21-14-6-8-19(9-7-14)12-15(13-19)24-18(22)20(23,16-4-2-10-25-16)17-5-3-11-26-17/h2-5,10-11,14-15,21,23H,6-9,12-13H2,1H3. The van der Waals surface area contributed by atoms with Crippen molar-refractivity contribution in [2.45, 2.75) is 56.3 Å². The lowest BCUT2D eigenvalue weighted by molar-refractivity contribution is -0.181. The highest BCUT2D eigenvalue weighted by Gasteiger charge is 2.51. The average molecular weight is 392 g/mol. The van der Waals surface area contributed by atoms with E-state index >= 15 is 0 Å². The summed E-state index contributed by atoms with van der Waals surface area (Å²) in [6.07, 6.45) is 6.59. The van der Waals surface area contributed by atoms with E-state index in [0.717, 1.165) is 12.8 Å². The van der Waals surface area contributed by atoms with Crippen LogP contribution in [0.3, 0.4) is 0 Å². The minimum Gasteiger partial charge on any atom is -0.460 e. The van der Waals surface area contributed by atoms with Crippen LogP contribution in [0.4, 0.5) is 0 Å². The lowest BCUT2D eigenvalue weighted by Gasteiger charge is -2.51. The number of thiophene rings is 2. The second-order valence-corrected chi connectivity index (χ2v) is 9.56. The van der Waals surface area contributed by atoms with Crippen molar-refractivity contribution < 1.29 is 14.6 Å². The van der Waals surface area contributed by atoms with Crippen molar-refractivity contribution in [2.24, 2.45) is 5.41 Å². The summed E-state index contributed by atoms with van der Waals surface area (Å²) in [4.78, 5) is 14.2. The number of rotatable bonds is 5. The van der Waals surface area contributed by atoms with Crippen molar-refractivity contribution >= 4 is 28.6 Å². The summed E-state index contributed by atoms with van der Waals surface area (Å²) in [7, 11) is 2.03. The van der Waals surface area contributed by atoms with E-state index in [0.29, 0.717) is 21.2 Å². The molecule has 2 aromatic heterocycles. The van der Waals surface area contributed by atoms with Gasteiger partial charge in [-0.2, -0.15) is 0 Å². The Kier molecular flexibility index (Phi) is 4.94. The highest BCUT2D eigenvalue weighted by molar-refractivity contribution is 7.12. The maximum absolute atomic E-state index is 13.0. The second kappa shape index (κ2) is 7.08. The van der Waals surface area contributed by atoms with E-state index in [1.165, 1.54) is 48.4 Å². The molecule has 6 heteroatoms. The third-order valence-electron chi connectivity index (χ3n) is 6.10. The monoisotopic (exact) mass is 391 g/mol. The lowest BCUT2D eigenvalue weighted by Crippen LogP contribution is -2.49. The molecule has 2 fully saturated rings. The van der Waals surface area contributed by atoms with E-state index in [4.69, 9.17) is 4.74 Å². The molecule has 140 valence electrons. The number of nitrogens with one attached hydrogen (secondary N) is 1. The number of ether oxygens (including phenoxy) is 1. The summed E-state index contributed by atoms with van der Waals surface area (Å²) < 4.78 is 5.79. The van der Waals surface area contributed by atoms with Gasteiger partial charge in [0.15, 0.2) is 0 Å². The normalized spacial score (nSPS) is 28.7. The van der Waals surface area contributed by atoms with Crippen molar-refractivity contribution in [2.75, 3.05) is 7.05 Å². The quantitative estimate of drug-likeness (QED) is 0.759. The van der Waals surface area contributed by atoms with E-state index in [-0.39, 0.29) is 6.10 Å². The van der Waals surface area contributed by atoms with Crippen molar-refractivity contribution in [3.05, 3.63) is 44.8 Å². The number of carbonyl (C=O) groups is 1. The molecule has 2 aromatic rings. The number of carbonyl (C=O) groups excluding carboxylic acids is 1. The molecule has 4 rings (SSSR count). The topological polar surface area (TPSA) is 58.6 Å². The Bertz CT molecular complexity index is 691. The van der Waals surface area contributed by atoms with Crippen LogP contribution < -0.4 is 5.32 Å². The SMILES string of the molecule is CNC1CCC2(CC1)CC(OC(=O)C(O)(c1cccs1)c1cccs1)C2. The number of hydrogen-bond acceptors (Lipinski definition) is 6. The molecule has 0 unspecified atom stereocenters. The van der Waals surface area contributed by atoms with Crippen LogP contribution in [0.25, 0.3) is 0 Å². The van der Waals surface area contributed by atoms with Crippen LogP contribution in [0.5, 0.6) is 0 Å². The first-order valence-corrected chi connectivity index (χ1v) is 11.0. The van der Waals surface area contributed by atoms with E-state index in [2.05, 4.69) is 5.32 Å². The Hall–Kier alpha value is -1.21. The molecule has 0 radical (unpaired) electrons. The Morgan fingerprint density at radius 2 is 1.77 bits per heavy atom. The molecule has 4 nitrogen and oxygen atoms in total. The van der Waals surface area contributed by atoms with Gasteiger partial charge in [-0.15, -0.1) is 22.7 Å². The van der Waals surface area contributed by atoms with Gasteiger partial charge in [-0.1, -0.05) is 12.1 Å². The van der Waals surface area contributed by atoms with Crippen LogP contribution in [0.2, 0.25) is 0 Å². The molecule has 0 saturated heterocycles. The largest absolute Gasteiger partial charge is 0.460 e. The molecule has 2 aliphatic carbocycles. The van der Waals surface area contributed by atoms with Gasteiger partial charge >= 0.3 is 5.97 Å². The predicted octanol–water partition coefficient (Wildman–Crippen LogP) is 3.90. The second-order valence-electron chi connectivity index (χ2n) is 7.66. The summed E-state index contributed by atoms with van der Waals surface area (Å²) in [6.45, 7) is 0. The fourth-order valence-corrected chi connectivity index (χ4v) is 6.16. The predicted molar refractivity (Wildman–Crippen MR) is 104 cm³/mol.